The molecule has 0 aliphatic rings. The molecule has 19 heteroatoms. The summed E-state index contributed by atoms with van der Waals surface area (Å²) in [5, 5.41) is 10.6. The maximum absolute atomic E-state index is 13.1. The molecule has 0 aromatic rings. The molecular formula is C79H154O17P2. The first-order valence-corrected chi connectivity index (χ1v) is 44.1. The normalized spacial score (nSPS) is 13.9. The molecule has 0 saturated carbocycles. The molecule has 0 fully saturated rings. The quantitative estimate of drug-likeness (QED) is 0.0222. The van der Waals surface area contributed by atoms with Crippen molar-refractivity contribution in [3.8, 4) is 0 Å². The Labute approximate surface area is 600 Å². The van der Waals surface area contributed by atoms with Gasteiger partial charge in [-0.1, -0.05) is 369 Å². The topological polar surface area (TPSA) is 237 Å². The minimum atomic E-state index is -4.96. The van der Waals surface area contributed by atoms with Crippen molar-refractivity contribution >= 4 is 39.5 Å². The Balaban J connectivity index is 5.25. The van der Waals surface area contributed by atoms with E-state index in [1.165, 1.54) is 244 Å². The summed E-state index contributed by atoms with van der Waals surface area (Å²) in [4.78, 5) is 73.0. The molecule has 0 heterocycles. The molecule has 0 saturated heterocycles. The summed E-state index contributed by atoms with van der Waals surface area (Å²) in [5.41, 5.74) is 0. The number of phosphoric ester groups is 2. The summed E-state index contributed by atoms with van der Waals surface area (Å²) >= 11 is 0. The standard InChI is InChI=1S/C79H154O17P2/c1-6-9-12-15-18-21-24-26-27-28-29-30-34-40-45-50-55-60-65-79(84)96-75(69-90-77(82)63-58-53-48-43-38-35-31-33-37-41-46-51-56-61-72(4)5)71-94-98(87,88)92-67-73(80)66-91-97(85,86)93-70-74(68-89-76(81)62-57-52-47-42-36-23-20-17-14-11-8-3)95-78(83)64-59-54-49-44-39-32-25-22-19-16-13-10-7-2/h72-75,80H,6-71H2,1-5H3,(H,85,86)(H,87,88)/t73-,74+,75+/m0/s1. The fourth-order valence-corrected chi connectivity index (χ4v) is 13.8. The smallest absolute Gasteiger partial charge is 0.462 e. The summed E-state index contributed by atoms with van der Waals surface area (Å²) in [6.07, 6.45) is 62.3. The van der Waals surface area contributed by atoms with Crippen LogP contribution in [0.2, 0.25) is 0 Å². The monoisotopic (exact) mass is 1440 g/mol. The summed E-state index contributed by atoms with van der Waals surface area (Å²) in [6.45, 7) is 7.34. The summed E-state index contributed by atoms with van der Waals surface area (Å²) in [7, 11) is -9.91. The van der Waals surface area contributed by atoms with E-state index >= 15 is 0 Å². The molecule has 98 heavy (non-hydrogen) atoms. The maximum Gasteiger partial charge on any atom is 0.472 e. The predicted molar refractivity (Wildman–Crippen MR) is 400 cm³/mol. The van der Waals surface area contributed by atoms with Gasteiger partial charge in [0.05, 0.1) is 26.4 Å². The first-order valence-electron chi connectivity index (χ1n) is 41.1. The van der Waals surface area contributed by atoms with Crippen LogP contribution in [0.5, 0.6) is 0 Å². The van der Waals surface area contributed by atoms with E-state index in [1.807, 2.05) is 0 Å². The van der Waals surface area contributed by atoms with Crippen molar-refractivity contribution in [1.82, 2.24) is 0 Å². The Bertz CT molecular complexity index is 1870. The van der Waals surface area contributed by atoms with E-state index in [-0.39, 0.29) is 25.7 Å². The van der Waals surface area contributed by atoms with Crippen molar-refractivity contribution in [3.63, 3.8) is 0 Å². The lowest BCUT2D eigenvalue weighted by Crippen LogP contribution is -2.30. The summed E-state index contributed by atoms with van der Waals surface area (Å²) in [6, 6.07) is 0. The van der Waals surface area contributed by atoms with E-state index < -0.39 is 97.5 Å². The van der Waals surface area contributed by atoms with E-state index in [4.69, 9.17) is 37.0 Å². The highest BCUT2D eigenvalue weighted by molar-refractivity contribution is 7.47. The predicted octanol–water partition coefficient (Wildman–Crippen LogP) is 23.6. The zero-order valence-electron chi connectivity index (χ0n) is 63.9. The molecule has 0 rings (SSSR count). The number of hydrogen-bond acceptors (Lipinski definition) is 15. The van der Waals surface area contributed by atoms with Crippen LogP contribution in [-0.4, -0.2) is 96.7 Å². The number of aliphatic hydroxyl groups is 1. The van der Waals surface area contributed by atoms with Crippen LogP contribution in [0.15, 0.2) is 0 Å². The molecule has 0 aromatic carbocycles. The number of aliphatic hydroxyl groups excluding tert-OH is 1. The Kier molecular flexibility index (Phi) is 70.6. The van der Waals surface area contributed by atoms with Gasteiger partial charge in [0.2, 0.25) is 0 Å². The molecule has 5 atom stereocenters. The number of carbonyl (C=O) groups excluding carboxylic acids is 4. The van der Waals surface area contributed by atoms with Crippen molar-refractivity contribution in [2.45, 2.75) is 438 Å². The molecule has 0 spiro atoms. The zero-order valence-corrected chi connectivity index (χ0v) is 65.7. The molecule has 582 valence electrons. The molecule has 0 amide bonds. The van der Waals surface area contributed by atoms with E-state index in [0.717, 1.165) is 95.8 Å². The molecule has 0 aliphatic carbocycles. The molecule has 0 aromatic heterocycles. The van der Waals surface area contributed by atoms with Gasteiger partial charge in [0.1, 0.15) is 19.3 Å². The summed E-state index contributed by atoms with van der Waals surface area (Å²) < 4.78 is 68.7. The van der Waals surface area contributed by atoms with Crippen molar-refractivity contribution in [1.29, 1.82) is 0 Å². The number of unbranched alkanes of at least 4 members (excludes halogenated alkanes) is 51. The fourth-order valence-electron chi connectivity index (χ4n) is 12.2. The van der Waals surface area contributed by atoms with Gasteiger partial charge < -0.3 is 33.8 Å². The van der Waals surface area contributed by atoms with Gasteiger partial charge in [-0.25, -0.2) is 9.13 Å². The third kappa shape index (κ3) is 72.4. The molecule has 0 aliphatic heterocycles. The van der Waals surface area contributed by atoms with Crippen LogP contribution in [0.1, 0.15) is 420 Å². The highest BCUT2D eigenvalue weighted by Crippen LogP contribution is 2.45. The molecule has 0 bridgehead atoms. The summed E-state index contributed by atoms with van der Waals surface area (Å²) in [5.74, 6) is -1.32. The van der Waals surface area contributed by atoms with Crippen molar-refractivity contribution in [2.24, 2.45) is 5.92 Å². The maximum atomic E-state index is 13.1. The third-order valence-electron chi connectivity index (χ3n) is 18.5. The van der Waals surface area contributed by atoms with Gasteiger partial charge in [-0.2, -0.15) is 0 Å². The Morgan fingerprint density at radius 1 is 0.276 bits per heavy atom. The average molecular weight is 1440 g/mol. The lowest BCUT2D eigenvalue weighted by Gasteiger charge is -2.21. The molecular weight excluding hydrogens is 1280 g/mol. The van der Waals surface area contributed by atoms with Crippen LogP contribution in [-0.2, 0) is 65.4 Å². The largest absolute Gasteiger partial charge is 0.472 e. The minimum absolute atomic E-state index is 0.108. The highest BCUT2D eigenvalue weighted by atomic mass is 31.2. The van der Waals surface area contributed by atoms with Gasteiger partial charge >= 0.3 is 39.5 Å². The Hall–Kier alpha value is -1.94. The minimum Gasteiger partial charge on any atom is -0.462 e. The Morgan fingerprint density at radius 2 is 0.469 bits per heavy atom. The number of rotatable bonds is 79. The average Bonchev–Trinajstić information content (AvgIpc) is 1.02. The van der Waals surface area contributed by atoms with Crippen LogP contribution in [0, 0.1) is 5.92 Å². The first-order chi connectivity index (χ1) is 47.5. The number of phosphoric acid groups is 2. The Morgan fingerprint density at radius 3 is 0.694 bits per heavy atom. The molecule has 2 unspecified atom stereocenters. The SMILES string of the molecule is CCCCCCCCCCCCCCCCCCCCC(=O)O[C@H](COC(=O)CCCCCCCCCCCCCCCC(C)C)COP(=O)(O)OC[C@@H](O)COP(=O)(O)OC[C@@H](COC(=O)CCCCCCCCCCCCC)OC(=O)CCCCCCCCCCCCCCC. The fraction of sp³-hybridized carbons (Fsp3) is 0.949. The van der Waals surface area contributed by atoms with Crippen LogP contribution < -0.4 is 0 Å². The van der Waals surface area contributed by atoms with E-state index in [1.54, 1.807) is 0 Å². The van der Waals surface area contributed by atoms with Gasteiger partial charge in [-0.05, 0) is 31.6 Å². The van der Waals surface area contributed by atoms with Gasteiger partial charge in [0, 0.05) is 25.7 Å². The van der Waals surface area contributed by atoms with Crippen molar-refractivity contribution in [3.05, 3.63) is 0 Å². The van der Waals surface area contributed by atoms with Gasteiger partial charge in [0.25, 0.3) is 0 Å². The van der Waals surface area contributed by atoms with E-state index in [0.29, 0.717) is 25.7 Å². The molecule has 0 radical (unpaired) electrons. The second-order valence-electron chi connectivity index (χ2n) is 28.9. The second-order valence-corrected chi connectivity index (χ2v) is 31.8. The third-order valence-corrected chi connectivity index (χ3v) is 20.4. The second kappa shape index (κ2) is 72.0. The number of carbonyl (C=O) groups is 4. The number of esters is 4. The lowest BCUT2D eigenvalue weighted by atomic mass is 10.0. The highest BCUT2D eigenvalue weighted by Gasteiger charge is 2.30. The first kappa shape index (κ1) is 96.1. The van der Waals surface area contributed by atoms with Gasteiger partial charge in [0.15, 0.2) is 12.2 Å². The van der Waals surface area contributed by atoms with Crippen molar-refractivity contribution in [2.75, 3.05) is 39.6 Å². The zero-order chi connectivity index (χ0) is 71.9. The van der Waals surface area contributed by atoms with E-state index in [9.17, 15) is 43.2 Å². The van der Waals surface area contributed by atoms with Crippen molar-refractivity contribution < 1.29 is 80.2 Å². The molecule has 17 nitrogen and oxygen atoms in total. The number of hydrogen-bond donors (Lipinski definition) is 3. The van der Waals surface area contributed by atoms with Crippen LogP contribution in [0.3, 0.4) is 0 Å². The van der Waals surface area contributed by atoms with Crippen LogP contribution >= 0.6 is 15.6 Å². The molecule has 3 N–H and O–H groups in total. The van der Waals surface area contributed by atoms with E-state index in [2.05, 4.69) is 34.6 Å². The van der Waals surface area contributed by atoms with Crippen LogP contribution in [0.4, 0.5) is 0 Å². The van der Waals surface area contributed by atoms with Gasteiger partial charge in [-0.3, -0.25) is 37.3 Å². The van der Waals surface area contributed by atoms with Gasteiger partial charge in [-0.15, -0.1) is 0 Å². The van der Waals surface area contributed by atoms with Crippen LogP contribution in [0.25, 0.3) is 0 Å². The lowest BCUT2D eigenvalue weighted by molar-refractivity contribution is -0.161. The number of ether oxygens (including phenoxy) is 4.